The predicted molar refractivity (Wildman–Crippen MR) is 62.5 cm³/mol. The highest BCUT2D eigenvalue weighted by molar-refractivity contribution is 4.91. The molecule has 0 unspecified atom stereocenters. The van der Waals surface area contributed by atoms with Crippen LogP contribution in [0.5, 0.6) is 0 Å². The van der Waals surface area contributed by atoms with Crippen molar-refractivity contribution in [3.05, 3.63) is 0 Å². The topological polar surface area (TPSA) is 90.2 Å². The van der Waals surface area contributed by atoms with Crippen LogP contribution >= 0.6 is 0 Å². The van der Waals surface area contributed by atoms with Crippen LogP contribution in [-0.2, 0) is 4.74 Å². The fourth-order valence-electron chi connectivity index (χ4n) is 2.19. The molecule has 0 aromatic rings. The second kappa shape index (κ2) is 7.28. The lowest BCUT2D eigenvalue weighted by atomic mass is 9.92. The van der Waals surface area contributed by atoms with Crippen molar-refractivity contribution in [1.29, 1.82) is 0 Å². The number of hydrogen-bond donors (Lipinski definition) is 4. The number of hydrogen-bond acceptors (Lipinski definition) is 5. The number of rotatable bonds is 6. The minimum atomic E-state index is -1.24. The lowest BCUT2D eigenvalue weighted by Crippen LogP contribution is -2.58. The lowest BCUT2D eigenvalue weighted by Gasteiger charge is -2.40. The van der Waals surface area contributed by atoms with Crippen LogP contribution in [0, 0.1) is 0 Å². The summed E-state index contributed by atoms with van der Waals surface area (Å²) < 4.78 is 5.40. The van der Waals surface area contributed by atoms with E-state index in [0.717, 1.165) is 25.7 Å². The van der Waals surface area contributed by atoms with E-state index in [1.807, 2.05) is 0 Å². The summed E-state index contributed by atoms with van der Waals surface area (Å²) in [5.41, 5.74) is 0. The van der Waals surface area contributed by atoms with Gasteiger partial charge in [-0.3, -0.25) is 0 Å². The molecule has 5 atom stereocenters. The van der Waals surface area contributed by atoms with E-state index in [-0.39, 0.29) is 6.61 Å². The Kier molecular flexibility index (Phi) is 6.37. The van der Waals surface area contributed by atoms with Crippen molar-refractivity contribution in [2.75, 3.05) is 6.61 Å². The van der Waals surface area contributed by atoms with Crippen LogP contribution in [0.1, 0.15) is 39.0 Å². The average Bonchev–Trinajstić information content (AvgIpc) is 2.34. The summed E-state index contributed by atoms with van der Waals surface area (Å²) >= 11 is 0. The Hall–Kier alpha value is -0.200. The van der Waals surface area contributed by atoms with Gasteiger partial charge in [0, 0.05) is 0 Å². The van der Waals surface area contributed by atoms with Crippen molar-refractivity contribution in [1.82, 2.24) is 0 Å². The molecular weight excluding hydrogens is 224 g/mol. The molecule has 5 heteroatoms. The van der Waals surface area contributed by atoms with Gasteiger partial charge in [-0.05, 0) is 6.42 Å². The summed E-state index contributed by atoms with van der Waals surface area (Å²) in [7, 11) is 0. The molecule has 0 aliphatic carbocycles. The van der Waals surface area contributed by atoms with Crippen molar-refractivity contribution in [2.45, 2.75) is 69.5 Å². The van der Waals surface area contributed by atoms with E-state index in [9.17, 15) is 15.3 Å². The molecule has 0 saturated carbocycles. The summed E-state index contributed by atoms with van der Waals surface area (Å²) in [5.74, 6) is 0. The van der Waals surface area contributed by atoms with E-state index in [4.69, 9.17) is 9.84 Å². The molecule has 102 valence electrons. The van der Waals surface area contributed by atoms with E-state index >= 15 is 0 Å². The van der Waals surface area contributed by atoms with Gasteiger partial charge in [0.2, 0.25) is 0 Å². The van der Waals surface area contributed by atoms with Crippen LogP contribution in [0.25, 0.3) is 0 Å². The van der Waals surface area contributed by atoms with Crippen LogP contribution in [-0.4, -0.2) is 57.6 Å². The Bertz CT molecular complexity index is 209. The van der Waals surface area contributed by atoms with Crippen molar-refractivity contribution < 1.29 is 25.2 Å². The molecule has 4 N–H and O–H groups in total. The highest BCUT2D eigenvalue weighted by Gasteiger charge is 2.42. The molecule has 1 aliphatic rings. The first-order chi connectivity index (χ1) is 8.11. The van der Waals surface area contributed by atoms with Gasteiger partial charge < -0.3 is 25.2 Å². The Labute approximate surface area is 102 Å². The number of unbranched alkanes of at least 4 members (excludes halogenated alkanes) is 3. The number of ether oxygens (including phenoxy) is 1. The van der Waals surface area contributed by atoms with Gasteiger partial charge in [-0.15, -0.1) is 0 Å². The lowest BCUT2D eigenvalue weighted by molar-refractivity contribution is -0.230. The molecule has 5 nitrogen and oxygen atoms in total. The van der Waals surface area contributed by atoms with E-state index in [2.05, 4.69) is 6.92 Å². The highest BCUT2D eigenvalue weighted by atomic mass is 16.5. The summed E-state index contributed by atoms with van der Waals surface area (Å²) in [6.07, 6.45) is 0.0515. The molecule has 1 fully saturated rings. The maximum atomic E-state index is 9.76. The number of aliphatic hydroxyl groups is 4. The van der Waals surface area contributed by atoms with Gasteiger partial charge in [0.25, 0.3) is 0 Å². The third kappa shape index (κ3) is 3.89. The molecule has 17 heavy (non-hydrogen) atoms. The van der Waals surface area contributed by atoms with Crippen LogP contribution < -0.4 is 0 Å². The van der Waals surface area contributed by atoms with Crippen LogP contribution in [0.15, 0.2) is 0 Å². The Balaban J connectivity index is 2.42. The van der Waals surface area contributed by atoms with Crippen molar-refractivity contribution in [3.63, 3.8) is 0 Å². The molecule has 0 radical (unpaired) electrons. The first-order valence-corrected chi connectivity index (χ1v) is 6.42. The van der Waals surface area contributed by atoms with E-state index < -0.39 is 30.5 Å². The zero-order valence-electron chi connectivity index (χ0n) is 10.3. The van der Waals surface area contributed by atoms with E-state index in [1.165, 1.54) is 0 Å². The molecule has 0 bridgehead atoms. The summed E-state index contributed by atoms with van der Waals surface area (Å²) in [6.45, 7) is 1.77. The quantitative estimate of drug-likeness (QED) is 0.489. The molecule has 1 saturated heterocycles. The molecule has 1 aliphatic heterocycles. The van der Waals surface area contributed by atoms with Gasteiger partial charge in [-0.25, -0.2) is 0 Å². The molecule has 0 aromatic heterocycles. The largest absolute Gasteiger partial charge is 0.394 e. The average molecular weight is 248 g/mol. The van der Waals surface area contributed by atoms with E-state index in [1.54, 1.807) is 0 Å². The summed E-state index contributed by atoms with van der Waals surface area (Å²) in [6, 6.07) is 0. The maximum absolute atomic E-state index is 9.76. The van der Waals surface area contributed by atoms with Gasteiger partial charge in [0.05, 0.1) is 12.7 Å². The monoisotopic (exact) mass is 248 g/mol. The Morgan fingerprint density at radius 1 is 0.882 bits per heavy atom. The summed E-state index contributed by atoms with van der Waals surface area (Å²) in [5, 5.41) is 37.9. The zero-order chi connectivity index (χ0) is 12.8. The maximum Gasteiger partial charge on any atom is 0.111 e. The van der Waals surface area contributed by atoms with Crippen molar-refractivity contribution in [2.24, 2.45) is 0 Å². The highest BCUT2D eigenvalue weighted by Crippen LogP contribution is 2.24. The third-order valence-electron chi connectivity index (χ3n) is 3.33. The predicted octanol–water partition coefficient (Wildman–Crippen LogP) is -0.201. The van der Waals surface area contributed by atoms with Crippen LogP contribution in [0.4, 0.5) is 0 Å². The molecular formula is C12H24O5. The fourth-order valence-corrected chi connectivity index (χ4v) is 2.19. The van der Waals surface area contributed by atoms with Crippen molar-refractivity contribution >= 4 is 0 Å². The first-order valence-electron chi connectivity index (χ1n) is 6.42. The van der Waals surface area contributed by atoms with Gasteiger partial charge in [-0.2, -0.15) is 0 Å². The normalized spacial score (nSPS) is 38.3. The SMILES string of the molecule is CCCCCC[C@H]1O[C@H](CO)[C@@H](O)[C@H](O)[C@@H]1O. The molecule has 1 heterocycles. The standard InChI is InChI=1S/C12H24O5/c1-2-3-4-5-6-8-10(14)12(16)11(15)9(7-13)17-8/h8-16H,2-7H2,1H3/t8-,9-,10-,11-,12-/m1/s1. The molecule has 0 spiro atoms. The van der Waals surface area contributed by atoms with Gasteiger partial charge in [0.1, 0.15) is 24.4 Å². The second-order valence-corrected chi connectivity index (χ2v) is 4.72. The van der Waals surface area contributed by atoms with Crippen molar-refractivity contribution in [3.8, 4) is 0 Å². The van der Waals surface area contributed by atoms with Gasteiger partial charge >= 0.3 is 0 Å². The molecule has 0 aromatic carbocycles. The zero-order valence-corrected chi connectivity index (χ0v) is 10.3. The third-order valence-corrected chi connectivity index (χ3v) is 3.33. The molecule has 1 rings (SSSR count). The minimum absolute atomic E-state index is 0.351. The first kappa shape index (κ1) is 14.9. The van der Waals surface area contributed by atoms with Crippen LogP contribution in [0.3, 0.4) is 0 Å². The molecule has 0 amide bonds. The smallest absolute Gasteiger partial charge is 0.111 e. The van der Waals surface area contributed by atoms with E-state index in [0.29, 0.717) is 6.42 Å². The summed E-state index contributed by atoms with van der Waals surface area (Å²) in [4.78, 5) is 0. The Morgan fingerprint density at radius 2 is 1.53 bits per heavy atom. The minimum Gasteiger partial charge on any atom is -0.394 e. The fraction of sp³-hybridized carbons (Fsp3) is 1.00. The van der Waals surface area contributed by atoms with Crippen LogP contribution in [0.2, 0.25) is 0 Å². The van der Waals surface area contributed by atoms with Gasteiger partial charge in [-0.1, -0.05) is 32.6 Å². The Morgan fingerprint density at radius 3 is 2.12 bits per heavy atom. The number of aliphatic hydroxyl groups excluding tert-OH is 4. The second-order valence-electron chi connectivity index (χ2n) is 4.72. The van der Waals surface area contributed by atoms with Gasteiger partial charge in [0.15, 0.2) is 0 Å².